The SMILES string of the molecule is CCOCCCN1C(=S)NC(c2ccc(OC)cc2)C(c2nc(-c3ccc(CC)cc3)no2)=C1C. The number of nitrogens with one attached hydrogen (secondary N) is 1. The third-order valence-corrected chi connectivity index (χ3v) is 6.54. The van der Waals surface area contributed by atoms with Gasteiger partial charge in [-0.2, -0.15) is 4.98 Å². The van der Waals surface area contributed by atoms with Gasteiger partial charge in [0.1, 0.15) is 5.75 Å². The van der Waals surface area contributed by atoms with E-state index in [2.05, 4.69) is 41.4 Å². The molecule has 1 N–H and O–H groups in total. The molecule has 184 valence electrons. The van der Waals surface area contributed by atoms with E-state index in [-0.39, 0.29) is 6.04 Å². The molecule has 1 aliphatic heterocycles. The normalized spacial score (nSPS) is 15.9. The maximum absolute atomic E-state index is 5.83. The van der Waals surface area contributed by atoms with E-state index < -0.39 is 0 Å². The van der Waals surface area contributed by atoms with Crippen LogP contribution in [0.1, 0.15) is 50.3 Å². The molecule has 35 heavy (non-hydrogen) atoms. The van der Waals surface area contributed by atoms with Crippen LogP contribution >= 0.6 is 12.2 Å². The smallest absolute Gasteiger partial charge is 0.258 e. The van der Waals surface area contributed by atoms with Gasteiger partial charge in [0, 0.05) is 31.0 Å². The number of hydrogen-bond acceptors (Lipinski definition) is 6. The molecular weight excluding hydrogens is 460 g/mol. The minimum Gasteiger partial charge on any atom is -0.497 e. The zero-order valence-electron chi connectivity index (χ0n) is 20.7. The molecule has 2 heterocycles. The number of aryl methyl sites for hydroxylation is 1. The number of aromatic nitrogens is 2. The van der Waals surface area contributed by atoms with Crippen LogP contribution < -0.4 is 10.1 Å². The molecule has 7 nitrogen and oxygen atoms in total. The molecule has 1 aromatic heterocycles. The van der Waals surface area contributed by atoms with Gasteiger partial charge in [-0.15, -0.1) is 0 Å². The van der Waals surface area contributed by atoms with E-state index >= 15 is 0 Å². The Hall–Kier alpha value is -3.23. The Balaban J connectivity index is 1.71. The van der Waals surface area contributed by atoms with Crippen molar-refractivity contribution in [1.29, 1.82) is 0 Å². The molecular formula is C27H32N4O3S. The number of benzene rings is 2. The Labute approximate surface area is 212 Å². The minimum absolute atomic E-state index is 0.229. The number of thiocarbonyl (C=S) groups is 1. The van der Waals surface area contributed by atoms with Crippen molar-refractivity contribution >= 4 is 22.9 Å². The van der Waals surface area contributed by atoms with Gasteiger partial charge in [0.15, 0.2) is 5.11 Å². The average molecular weight is 493 g/mol. The van der Waals surface area contributed by atoms with Crippen molar-refractivity contribution in [1.82, 2.24) is 20.4 Å². The topological polar surface area (TPSA) is 72.7 Å². The number of allylic oxidation sites excluding steroid dienone is 1. The molecule has 0 aliphatic carbocycles. The van der Waals surface area contributed by atoms with Crippen molar-refractivity contribution in [2.24, 2.45) is 0 Å². The van der Waals surface area contributed by atoms with Crippen LogP contribution in [-0.4, -0.2) is 47.0 Å². The van der Waals surface area contributed by atoms with Crippen LogP contribution in [-0.2, 0) is 11.2 Å². The molecule has 2 aromatic carbocycles. The van der Waals surface area contributed by atoms with Crippen LogP contribution in [0.15, 0.2) is 58.8 Å². The number of rotatable bonds is 10. The van der Waals surface area contributed by atoms with E-state index in [1.165, 1.54) is 5.56 Å². The van der Waals surface area contributed by atoms with Gasteiger partial charge >= 0.3 is 0 Å². The van der Waals surface area contributed by atoms with Crippen LogP contribution in [0.3, 0.4) is 0 Å². The van der Waals surface area contributed by atoms with E-state index in [4.69, 9.17) is 31.2 Å². The summed E-state index contributed by atoms with van der Waals surface area (Å²) in [5.74, 6) is 1.83. The highest BCUT2D eigenvalue weighted by Crippen LogP contribution is 2.38. The van der Waals surface area contributed by atoms with Crippen LogP contribution in [0.5, 0.6) is 5.75 Å². The van der Waals surface area contributed by atoms with Gasteiger partial charge in [-0.1, -0.05) is 48.5 Å². The van der Waals surface area contributed by atoms with Crippen molar-refractivity contribution in [2.75, 3.05) is 26.9 Å². The second kappa shape index (κ2) is 11.5. The molecule has 8 heteroatoms. The van der Waals surface area contributed by atoms with Gasteiger partial charge in [0.25, 0.3) is 5.89 Å². The highest BCUT2D eigenvalue weighted by atomic mass is 32.1. The molecule has 4 rings (SSSR count). The molecule has 0 fully saturated rings. The van der Waals surface area contributed by atoms with Crippen LogP contribution in [0.2, 0.25) is 0 Å². The molecule has 3 aromatic rings. The number of nitrogens with zero attached hydrogens (tertiary/aromatic N) is 3. The fraction of sp³-hybridized carbons (Fsp3) is 0.370. The first-order valence-electron chi connectivity index (χ1n) is 12.0. The Morgan fingerprint density at radius 3 is 2.49 bits per heavy atom. The zero-order chi connectivity index (χ0) is 24.8. The molecule has 1 atom stereocenters. The van der Waals surface area contributed by atoms with Gasteiger partial charge < -0.3 is 24.2 Å². The average Bonchev–Trinajstić information content (AvgIpc) is 3.37. The Morgan fingerprint density at radius 2 is 1.83 bits per heavy atom. The Morgan fingerprint density at radius 1 is 1.09 bits per heavy atom. The van der Waals surface area contributed by atoms with Crippen LogP contribution in [0.4, 0.5) is 0 Å². The zero-order valence-corrected chi connectivity index (χ0v) is 21.5. The van der Waals surface area contributed by atoms with E-state index in [0.717, 1.165) is 47.5 Å². The predicted octanol–water partition coefficient (Wildman–Crippen LogP) is 5.40. The van der Waals surface area contributed by atoms with Gasteiger partial charge in [0.05, 0.1) is 18.7 Å². The summed E-state index contributed by atoms with van der Waals surface area (Å²) in [6.07, 6.45) is 1.84. The monoisotopic (exact) mass is 492 g/mol. The van der Waals surface area contributed by atoms with Crippen molar-refractivity contribution in [3.63, 3.8) is 0 Å². The van der Waals surface area contributed by atoms with Crippen molar-refractivity contribution in [3.05, 3.63) is 71.2 Å². The van der Waals surface area contributed by atoms with Crippen LogP contribution in [0, 0.1) is 0 Å². The standard InChI is InChI=1S/C27H32N4O3S/c1-5-19-8-10-21(11-9-19)25-29-26(34-30-25)23-18(3)31(16-7-17-33-6-2)27(35)28-24(23)20-12-14-22(32-4)15-13-20/h8-15,24H,5-7,16-17H2,1-4H3,(H,28,35). The highest BCUT2D eigenvalue weighted by Gasteiger charge is 2.34. The fourth-order valence-electron chi connectivity index (χ4n) is 4.18. The molecule has 0 bridgehead atoms. The summed E-state index contributed by atoms with van der Waals surface area (Å²) in [7, 11) is 1.66. The first-order valence-corrected chi connectivity index (χ1v) is 12.4. The lowest BCUT2D eigenvalue weighted by molar-refractivity contribution is 0.141. The minimum atomic E-state index is -0.229. The molecule has 0 saturated heterocycles. The Kier molecular flexibility index (Phi) is 8.15. The first-order chi connectivity index (χ1) is 17.0. The van der Waals surface area contributed by atoms with Crippen molar-refractivity contribution in [2.45, 2.75) is 39.7 Å². The summed E-state index contributed by atoms with van der Waals surface area (Å²) >= 11 is 5.76. The Bertz CT molecular complexity index is 1170. The van der Waals surface area contributed by atoms with E-state index in [1.54, 1.807) is 7.11 Å². The maximum atomic E-state index is 5.83. The van der Waals surface area contributed by atoms with Crippen molar-refractivity contribution in [3.8, 4) is 17.1 Å². The lowest BCUT2D eigenvalue weighted by Crippen LogP contribution is -2.46. The van der Waals surface area contributed by atoms with Gasteiger partial charge in [-0.3, -0.25) is 0 Å². The third-order valence-electron chi connectivity index (χ3n) is 6.20. The maximum Gasteiger partial charge on any atom is 0.258 e. The van der Waals surface area contributed by atoms with E-state index in [0.29, 0.717) is 30.0 Å². The van der Waals surface area contributed by atoms with Gasteiger partial charge in [-0.25, -0.2) is 0 Å². The summed E-state index contributed by atoms with van der Waals surface area (Å²) in [5, 5.41) is 8.46. The predicted molar refractivity (Wildman–Crippen MR) is 141 cm³/mol. The highest BCUT2D eigenvalue weighted by molar-refractivity contribution is 7.80. The summed E-state index contributed by atoms with van der Waals surface area (Å²) in [5.41, 5.74) is 5.11. The molecule has 0 amide bonds. The molecule has 1 unspecified atom stereocenters. The number of ether oxygens (including phenoxy) is 2. The lowest BCUT2D eigenvalue weighted by Gasteiger charge is -2.37. The fourth-order valence-corrected chi connectivity index (χ4v) is 4.53. The van der Waals surface area contributed by atoms with E-state index in [9.17, 15) is 0 Å². The largest absolute Gasteiger partial charge is 0.497 e. The first kappa shape index (κ1) is 24.9. The second-order valence-corrected chi connectivity index (χ2v) is 8.72. The quantitative estimate of drug-likeness (QED) is 0.298. The number of methoxy groups -OCH3 is 1. The van der Waals surface area contributed by atoms with E-state index in [1.807, 2.05) is 43.3 Å². The van der Waals surface area contributed by atoms with Gasteiger partial charge in [0.2, 0.25) is 5.82 Å². The summed E-state index contributed by atoms with van der Waals surface area (Å²) in [4.78, 5) is 6.88. The summed E-state index contributed by atoms with van der Waals surface area (Å²) in [6, 6.07) is 16.0. The third kappa shape index (κ3) is 5.55. The molecule has 0 saturated carbocycles. The van der Waals surface area contributed by atoms with Crippen LogP contribution in [0.25, 0.3) is 17.0 Å². The molecule has 0 radical (unpaired) electrons. The molecule has 1 aliphatic rings. The number of hydrogen-bond donors (Lipinski definition) is 1. The lowest BCUT2D eigenvalue weighted by atomic mass is 9.94. The molecule has 0 spiro atoms. The summed E-state index contributed by atoms with van der Waals surface area (Å²) < 4.78 is 16.7. The summed E-state index contributed by atoms with van der Waals surface area (Å²) in [6.45, 7) is 8.30. The van der Waals surface area contributed by atoms with Crippen molar-refractivity contribution < 1.29 is 14.0 Å². The van der Waals surface area contributed by atoms with Gasteiger partial charge in [-0.05, 0) is 62.2 Å². The second-order valence-electron chi connectivity index (χ2n) is 8.33.